The van der Waals surface area contributed by atoms with E-state index in [1.807, 2.05) is 18.2 Å². The normalized spacial score (nSPS) is 16.8. The maximum atomic E-state index is 16.2. The Morgan fingerprint density at radius 1 is 0.598 bits per heavy atom. The zero-order valence-corrected chi connectivity index (χ0v) is 63.8. The fourth-order valence-electron chi connectivity index (χ4n) is 9.58. The zero-order chi connectivity index (χ0) is 105. The number of alkyl halides is 6. The van der Waals surface area contributed by atoms with Gasteiger partial charge in [-0.15, -0.1) is 20.8 Å². The van der Waals surface area contributed by atoms with Crippen LogP contribution in [0.2, 0.25) is 21.1 Å². The lowest BCUT2D eigenvalue weighted by Crippen LogP contribution is -2.48. The van der Waals surface area contributed by atoms with Gasteiger partial charge < -0.3 is 24.4 Å². The first-order valence-corrected chi connectivity index (χ1v) is 38.0. The number of H-pyrrole nitrogens is 1. The molecule has 1 saturated heterocycles. The number of benzene rings is 7. The Morgan fingerprint density at radius 3 is 1.42 bits per heavy atom. The van der Waals surface area contributed by atoms with E-state index in [1.54, 1.807) is 36.4 Å². The first kappa shape index (κ1) is 64.4. The van der Waals surface area contributed by atoms with Crippen LogP contribution in [-0.2, 0) is 65.4 Å². The van der Waals surface area contributed by atoms with Crippen LogP contribution in [0.15, 0.2) is 235 Å². The third-order valence-corrected chi connectivity index (χ3v) is 17.2. The number of halogens is 14. The van der Waals surface area contributed by atoms with Crippen molar-refractivity contribution in [2.75, 3.05) is 6.56 Å². The third kappa shape index (κ3) is 22.2. The molecule has 7 heterocycles. The van der Waals surface area contributed by atoms with Crippen LogP contribution in [0.3, 0.4) is 0 Å². The van der Waals surface area contributed by atoms with E-state index in [4.69, 9.17) is 52.4 Å². The molecule has 1 aliphatic rings. The number of hydrogen-bond donors (Lipinski definition) is 3. The van der Waals surface area contributed by atoms with Gasteiger partial charge in [-0.2, -0.15) is 31.6 Å². The van der Waals surface area contributed by atoms with Crippen molar-refractivity contribution >= 4 is 45.6 Å². The number of aliphatic hydroxyl groups is 2. The minimum absolute atomic E-state index is 0.0391. The van der Waals surface area contributed by atoms with Crippen molar-refractivity contribution in [1.82, 2.24) is 76.0 Å². The van der Waals surface area contributed by atoms with Gasteiger partial charge in [-0.1, -0.05) is 73.8 Å². The van der Waals surface area contributed by atoms with Crippen molar-refractivity contribution in [3.05, 3.63) is 348 Å². The fourth-order valence-corrected chi connectivity index (χ4v) is 10.6. The Bertz CT molecular complexity index is 6520. The van der Waals surface area contributed by atoms with Crippen LogP contribution in [0.25, 0.3) is 4.85 Å². The summed E-state index contributed by atoms with van der Waals surface area (Å²) in [5.41, 5.74) is -11.5. The molecule has 22 nitrogen and oxygen atoms in total. The Balaban J connectivity index is 0.000000281. The molecule has 7 aromatic carbocycles. The van der Waals surface area contributed by atoms with Crippen LogP contribution < -0.4 is 9.47 Å². The molecule has 604 valence electrons. The second kappa shape index (κ2) is 38.0. The van der Waals surface area contributed by atoms with Crippen LogP contribution in [0.4, 0.5) is 58.4 Å². The molecule has 1 aliphatic heterocycles. The van der Waals surface area contributed by atoms with E-state index in [0.717, 1.165) is 66.6 Å². The first-order valence-electron chi connectivity index (χ1n) is 43.8. The lowest BCUT2D eigenvalue weighted by Gasteiger charge is -2.35. The zero-order valence-electron chi connectivity index (χ0n) is 81.6. The Hall–Kier alpha value is -12.9. The van der Waals surface area contributed by atoms with Crippen molar-refractivity contribution in [3.8, 4) is 40.9 Å². The van der Waals surface area contributed by atoms with E-state index in [2.05, 4.69) is 146 Å². The Morgan fingerprint density at radius 2 is 1.03 bits per heavy atom. The molecule has 0 amide bonds. The van der Waals surface area contributed by atoms with Crippen LogP contribution in [-0.4, -0.2) is 101 Å². The number of rotatable bonds is 19. The molecule has 0 spiro atoms. The van der Waals surface area contributed by atoms with E-state index in [0.29, 0.717) is 72.5 Å². The molecule has 0 bridgehead atoms. The van der Waals surface area contributed by atoms with Crippen molar-refractivity contribution < 1.29 is 108 Å². The molecule has 3 unspecified atom stereocenters. The minimum Gasteiger partial charge on any atom is -0.489 e. The number of pyridine rings is 3. The summed E-state index contributed by atoms with van der Waals surface area (Å²) in [6, 6.07) is 37.5. The average molecular weight is 1780 g/mol. The standard InChI is InChI=1S/C31H20F4N6O2.C19H19NOSi.C15H10BrF4N5O.C14H8BrF4NO.CH2N4.4H2/c32-25-10-13-27(28(33)15-25)30(42,19-41-20-38-39-40-41)31(34,35)29-14-9-23(17-37-29)4-1-21-7-11-26(12-8-21)43-18-24-5-2-22(16-36)3-6-24;1-20-18-9-5-17(6-10-18)15-21-19-11-7-16(8-12-19)13-14-22(2,3)4;16-9-1-4-13(21-6-9)15(19,20)14(26,7-25-8-22-23-24-25)11-3-2-10(17)5-12(11)18;15-8-1-4-12(20-6-8)14(18,19)13(7-21-13)10-3-2-9(16)5-11(10)17;1-2-4-5-3-1;;;;/h2-3,5-15,17,20,42H,18-19H2;5-12H,15H2,2-4H3;1-6,8,26H,7H2;1-6H,7H2;1H,(H,2,3,4,5);4*1H/i18D2,19D2,20D;15D2;7D2,8D;7D2;1D;4*1+1D/hD. The molecule has 13 aromatic rings. The summed E-state index contributed by atoms with van der Waals surface area (Å²) in [5.74, 6) is -12.0. The van der Waals surface area contributed by atoms with Gasteiger partial charge >= 0.3 is 17.8 Å². The lowest BCUT2D eigenvalue weighted by atomic mass is 9.84. The number of nitrogens with zero attached hydrogens (tertiary/aromatic N) is 16. The smallest absolute Gasteiger partial charge is 0.324 e. The number of hydrogen-bond acceptors (Lipinski definition) is 18. The van der Waals surface area contributed by atoms with Gasteiger partial charge in [0.15, 0.2) is 23.9 Å². The summed E-state index contributed by atoms with van der Waals surface area (Å²) in [4.78, 5) is 14.0. The minimum atomic E-state index is -4.74. The third-order valence-electron chi connectivity index (χ3n) is 15.4. The second-order valence-corrected chi connectivity index (χ2v) is 31.3. The molecular weight excluding hydrogens is 1690 g/mol. The highest BCUT2D eigenvalue weighted by atomic mass is 79.9. The van der Waals surface area contributed by atoms with Crippen molar-refractivity contribution in [3.63, 3.8) is 0 Å². The topological polar surface area (TPSA) is 280 Å². The van der Waals surface area contributed by atoms with Gasteiger partial charge in [0.1, 0.15) is 108 Å². The molecular formula is C80H67Br2F12N17O5Si. The molecule has 0 radical (unpaired) electrons. The molecule has 37 heteroatoms. The summed E-state index contributed by atoms with van der Waals surface area (Å²) >= 11 is 6.06. The summed E-state index contributed by atoms with van der Waals surface area (Å²) in [5, 5.41) is 59.7. The van der Waals surface area contributed by atoms with Gasteiger partial charge in [-0.05, 0) is 208 Å². The van der Waals surface area contributed by atoms with Crippen LogP contribution in [0.5, 0.6) is 11.5 Å². The van der Waals surface area contributed by atoms with Gasteiger partial charge in [0, 0.05) is 91.0 Å². The monoisotopic (exact) mass is 1780 g/mol. The van der Waals surface area contributed by atoms with E-state index < -0.39 is 157 Å². The molecule has 0 saturated carbocycles. The summed E-state index contributed by atoms with van der Waals surface area (Å²) in [7, 11) is -1.42. The molecule has 0 aliphatic carbocycles. The molecule has 3 atom stereocenters. The summed E-state index contributed by atoms with van der Waals surface area (Å²) in [6.45, 7) is -0.973. The van der Waals surface area contributed by atoms with E-state index in [1.165, 1.54) is 54.6 Å². The SMILES string of the molecule is [2H]C([2H])(Oc1ccc(C#C[Si](C)(C)C)cc1)c1ccc([N+]#[C-])cc1.[2H]C1([2H])OC1(c1ccc(F)cc1F)C(F)(F)c1ccc(Br)cn1.[2H][2H].[2H][2H].[2H][2H].[2H][2H].[2H]c1nnnn1C([2H])([2H])C(O)(c1ccc(F)cc1F)C(F)(F)c1ccc(Br)cn1.[2H]c1nnnn1C([2H])([2H])C(O)(c1ccc(F)cc1F)C(F)(F)c1ccc(C#Cc2ccc(OC([2H])([2H])c3ccc(C#N)cc3)cc2)cn1.[2H]c1nnnn1[2H]. The van der Waals surface area contributed by atoms with Crippen molar-refractivity contribution in [2.24, 2.45) is 0 Å². The number of nitriles is 1. The number of aromatic amines is 1. The highest BCUT2D eigenvalue weighted by Gasteiger charge is 2.68. The van der Waals surface area contributed by atoms with E-state index in [9.17, 15) is 45.3 Å². The largest absolute Gasteiger partial charge is 0.489 e. The molecule has 14 rings (SSSR count). The molecule has 3 N–H and O–H groups in total. The molecule has 117 heavy (non-hydrogen) atoms. The highest BCUT2D eigenvalue weighted by Crippen LogP contribution is 2.57. The maximum Gasteiger partial charge on any atom is 0.324 e. The maximum absolute atomic E-state index is 16.2. The average Bonchev–Trinajstić information content (AvgIpc) is 1.50. The fraction of sp³-hybridized carbons (Fsp3) is 0.175. The van der Waals surface area contributed by atoms with Crippen LogP contribution in [0.1, 0.15) is 96.9 Å². The number of epoxide rings is 1. The Labute approximate surface area is 708 Å². The van der Waals surface area contributed by atoms with Crippen molar-refractivity contribution in [1.29, 1.82) is 5.26 Å². The number of tetrazole rings is 3. The summed E-state index contributed by atoms with van der Waals surface area (Å²) in [6.07, 6.45) is 0.642. The first-order chi connectivity index (χ1) is 65.1. The van der Waals surface area contributed by atoms with Crippen LogP contribution in [0, 0.1) is 76.1 Å². The van der Waals surface area contributed by atoms with Gasteiger partial charge in [-0.3, -0.25) is 15.0 Å². The molecule has 6 aromatic heterocycles. The van der Waals surface area contributed by atoms with Gasteiger partial charge in [0.05, 0.1) is 51.5 Å². The lowest BCUT2D eigenvalue weighted by molar-refractivity contribution is -0.207. The molecule has 1 fully saturated rings. The van der Waals surface area contributed by atoms with Gasteiger partial charge in [0.25, 0.3) is 0 Å². The Kier molecular flexibility index (Phi) is 20.9. The van der Waals surface area contributed by atoms with E-state index >= 15 is 17.6 Å². The van der Waals surface area contributed by atoms with Crippen molar-refractivity contribution in [2.45, 2.75) is 80.3 Å². The highest BCUT2D eigenvalue weighted by molar-refractivity contribution is 9.10. The second-order valence-electron chi connectivity index (χ2n) is 24.7. The predicted molar refractivity (Wildman–Crippen MR) is 414 cm³/mol. The quantitative estimate of drug-likeness (QED) is 0.0223. The van der Waals surface area contributed by atoms with Gasteiger partial charge in [-0.25, -0.2) is 45.6 Å². The van der Waals surface area contributed by atoms with Gasteiger partial charge in [0.2, 0.25) is 0 Å². The predicted octanol–water partition coefficient (Wildman–Crippen LogP) is 17.0. The summed E-state index contributed by atoms with van der Waals surface area (Å²) < 4.78 is 342. The van der Waals surface area contributed by atoms with Crippen LogP contribution >= 0.6 is 31.9 Å². The number of aromatic nitrogens is 15. The number of nitrogens with one attached hydrogen (secondary N) is 1. The number of ether oxygens (including phenoxy) is 3. The van der Waals surface area contributed by atoms with E-state index in [-0.39, 0.29) is 44.7 Å².